The molecule has 1 heterocycles. The van der Waals surface area contributed by atoms with E-state index in [0.29, 0.717) is 18.8 Å². The van der Waals surface area contributed by atoms with Crippen LogP contribution in [0.1, 0.15) is 54.4 Å². The van der Waals surface area contributed by atoms with E-state index in [9.17, 15) is 4.79 Å². The van der Waals surface area contributed by atoms with Crippen LogP contribution in [0.2, 0.25) is 0 Å². The fourth-order valence-corrected chi connectivity index (χ4v) is 2.21. The van der Waals surface area contributed by atoms with Gasteiger partial charge in [0.25, 0.3) is 0 Å². The SMILES string of the molecule is CC1CCC(CNCC(C)(C)NC(=O)OC(C)(C)C)O1. The smallest absolute Gasteiger partial charge is 0.408 e. The first-order chi connectivity index (χ1) is 9.07. The Morgan fingerprint density at radius 2 is 1.90 bits per heavy atom. The number of alkyl carbamates (subject to hydrolysis) is 1. The molecule has 0 aliphatic carbocycles. The molecule has 0 bridgehead atoms. The fraction of sp³-hybridized carbons (Fsp3) is 0.933. The van der Waals surface area contributed by atoms with Crippen LogP contribution >= 0.6 is 0 Å². The molecule has 0 saturated carbocycles. The van der Waals surface area contributed by atoms with Gasteiger partial charge < -0.3 is 20.1 Å². The Labute approximate surface area is 122 Å². The summed E-state index contributed by atoms with van der Waals surface area (Å²) in [6.45, 7) is 13.1. The van der Waals surface area contributed by atoms with E-state index in [1.807, 2.05) is 34.6 Å². The van der Waals surface area contributed by atoms with E-state index in [1.165, 1.54) is 0 Å². The summed E-state index contributed by atoms with van der Waals surface area (Å²) >= 11 is 0. The number of nitrogens with one attached hydrogen (secondary N) is 2. The molecule has 1 aliphatic heterocycles. The lowest BCUT2D eigenvalue weighted by Crippen LogP contribution is -2.52. The third-order valence-corrected chi connectivity index (χ3v) is 3.10. The maximum atomic E-state index is 11.8. The van der Waals surface area contributed by atoms with Gasteiger partial charge in [-0.25, -0.2) is 4.79 Å². The Balaban J connectivity index is 2.25. The van der Waals surface area contributed by atoms with Crippen molar-refractivity contribution in [3.05, 3.63) is 0 Å². The lowest BCUT2D eigenvalue weighted by Gasteiger charge is -2.29. The molecule has 0 radical (unpaired) electrons. The molecule has 0 aromatic rings. The molecule has 0 spiro atoms. The minimum Gasteiger partial charge on any atom is -0.444 e. The molecule has 1 saturated heterocycles. The van der Waals surface area contributed by atoms with Gasteiger partial charge in [0.05, 0.1) is 17.7 Å². The maximum absolute atomic E-state index is 11.8. The predicted molar refractivity (Wildman–Crippen MR) is 79.9 cm³/mol. The van der Waals surface area contributed by atoms with Gasteiger partial charge >= 0.3 is 6.09 Å². The van der Waals surface area contributed by atoms with E-state index in [1.54, 1.807) is 0 Å². The molecule has 1 rings (SSSR count). The van der Waals surface area contributed by atoms with Crippen molar-refractivity contribution in [2.45, 2.75) is 77.7 Å². The molecule has 0 aromatic heterocycles. The first-order valence-electron chi connectivity index (χ1n) is 7.45. The summed E-state index contributed by atoms with van der Waals surface area (Å²) in [6.07, 6.45) is 2.52. The maximum Gasteiger partial charge on any atom is 0.408 e. The Hall–Kier alpha value is -0.810. The molecule has 1 fully saturated rings. The topological polar surface area (TPSA) is 59.6 Å². The summed E-state index contributed by atoms with van der Waals surface area (Å²) in [6, 6.07) is 0. The summed E-state index contributed by atoms with van der Waals surface area (Å²) < 4.78 is 11.0. The zero-order valence-electron chi connectivity index (χ0n) is 13.7. The van der Waals surface area contributed by atoms with Gasteiger partial charge in [-0.1, -0.05) is 0 Å². The van der Waals surface area contributed by atoms with E-state index < -0.39 is 5.60 Å². The molecule has 5 nitrogen and oxygen atoms in total. The average Bonchev–Trinajstić information content (AvgIpc) is 2.59. The lowest BCUT2D eigenvalue weighted by atomic mass is 10.1. The first-order valence-corrected chi connectivity index (χ1v) is 7.45. The zero-order valence-corrected chi connectivity index (χ0v) is 13.7. The molecular formula is C15H30N2O3. The van der Waals surface area contributed by atoms with Crippen molar-refractivity contribution in [3.63, 3.8) is 0 Å². The number of amides is 1. The minimum absolute atomic E-state index is 0.294. The highest BCUT2D eigenvalue weighted by atomic mass is 16.6. The van der Waals surface area contributed by atoms with Gasteiger partial charge in [0.1, 0.15) is 5.60 Å². The molecule has 118 valence electrons. The van der Waals surface area contributed by atoms with E-state index in [0.717, 1.165) is 19.4 Å². The quantitative estimate of drug-likeness (QED) is 0.815. The minimum atomic E-state index is -0.471. The summed E-state index contributed by atoms with van der Waals surface area (Å²) in [5.41, 5.74) is -0.825. The van der Waals surface area contributed by atoms with Gasteiger partial charge in [-0.2, -0.15) is 0 Å². The fourth-order valence-electron chi connectivity index (χ4n) is 2.21. The van der Waals surface area contributed by atoms with Gasteiger partial charge in [-0.15, -0.1) is 0 Å². The molecule has 2 atom stereocenters. The Kier molecular flexibility index (Phi) is 5.83. The summed E-state index contributed by atoms with van der Waals surface area (Å²) in [7, 11) is 0. The molecule has 5 heteroatoms. The van der Waals surface area contributed by atoms with Crippen molar-refractivity contribution in [1.82, 2.24) is 10.6 Å². The second-order valence-electron chi connectivity index (χ2n) is 7.29. The first kappa shape index (κ1) is 17.2. The standard InChI is InChI=1S/C15H30N2O3/c1-11-7-8-12(19-11)9-16-10-15(5,6)17-13(18)20-14(2,3)4/h11-12,16H,7-10H2,1-6H3,(H,17,18). The predicted octanol–water partition coefficient (Wildman–Crippen LogP) is 2.45. The van der Waals surface area contributed by atoms with Crippen LogP contribution in [0.4, 0.5) is 4.79 Å². The monoisotopic (exact) mass is 286 g/mol. The highest BCUT2D eigenvalue weighted by molar-refractivity contribution is 5.68. The lowest BCUT2D eigenvalue weighted by molar-refractivity contribution is 0.0457. The number of rotatable bonds is 5. The van der Waals surface area contributed by atoms with Crippen LogP contribution in [-0.2, 0) is 9.47 Å². The van der Waals surface area contributed by atoms with Gasteiger partial charge in [-0.05, 0) is 54.4 Å². The van der Waals surface area contributed by atoms with Crippen molar-refractivity contribution in [2.24, 2.45) is 0 Å². The summed E-state index contributed by atoms with van der Waals surface area (Å²) in [5, 5.41) is 6.24. The van der Waals surface area contributed by atoms with Gasteiger partial charge in [0, 0.05) is 13.1 Å². The van der Waals surface area contributed by atoms with Crippen LogP contribution in [0, 0.1) is 0 Å². The molecule has 1 aliphatic rings. The largest absolute Gasteiger partial charge is 0.444 e. The zero-order chi connectivity index (χ0) is 15.4. The van der Waals surface area contributed by atoms with Crippen LogP contribution in [0.15, 0.2) is 0 Å². The molecule has 1 amide bonds. The molecule has 0 aromatic carbocycles. The second kappa shape index (κ2) is 6.76. The number of carbonyl (C=O) groups excluding carboxylic acids is 1. The highest BCUT2D eigenvalue weighted by Gasteiger charge is 2.26. The van der Waals surface area contributed by atoms with E-state index in [4.69, 9.17) is 9.47 Å². The van der Waals surface area contributed by atoms with E-state index in [-0.39, 0.29) is 11.6 Å². The van der Waals surface area contributed by atoms with Crippen molar-refractivity contribution in [2.75, 3.05) is 13.1 Å². The number of hydrogen-bond donors (Lipinski definition) is 2. The molecular weight excluding hydrogens is 256 g/mol. The van der Waals surface area contributed by atoms with Crippen molar-refractivity contribution < 1.29 is 14.3 Å². The van der Waals surface area contributed by atoms with Crippen molar-refractivity contribution >= 4 is 6.09 Å². The number of ether oxygens (including phenoxy) is 2. The van der Waals surface area contributed by atoms with Gasteiger partial charge in [0.2, 0.25) is 0 Å². The Morgan fingerprint density at radius 1 is 1.25 bits per heavy atom. The van der Waals surface area contributed by atoms with Gasteiger partial charge in [0.15, 0.2) is 0 Å². The summed E-state index contributed by atoms with van der Waals surface area (Å²) in [5.74, 6) is 0. The average molecular weight is 286 g/mol. The normalized spacial score (nSPS) is 23.7. The summed E-state index contributed by atoms with van der Waals surface area (Å²) in [4.78, 5) is 11.8. The van der Waals surface area contributed by atoms with E-state index >= 15 is 0 Å². The van der Waals surface area contributed by atoms with Crippen LogP contribution in [0.25, 0.3) is 0 Å². The van der Waals surface area contributed by atoms with Crippen molar-refractivity contribution in [1.29, 1.82) is 0 Å². The molecule has 2 N–H and O–H groups in total. The van der Waals surface area contributed by atoms with Crippen LogP contribution < -0.4 is 10.6 Å². The molecule has 20 heavy (non-hydrogen) atoms. The number of hydrogen-bond acceptors (Lipinski definition) is 4. The van der Waals surface area contributed by atoms with Crippen LogP contribution in [-0.4, -0.2) is 42.5 Å². The third kappa shape index (κ3) is 7.10. The van der Waals surface area contributed by atoms with Crippen LogP contribution in [0.3, 0.4) is 0 Å². The van der Waals surface area contributed by atoms with Crippen LogP contribution in [0.5, 0.6) is 0 Å². The second-order valence-corrected chi connectivity index (χ2v) is 7.29. The Bertz CT molecular complexity index is 324. The van der Waals surface area contributed by atoms with E-state index in [2.05, 4.69) is 17.6 Å². The van der Waals surface area contributed by atoms with Gasteiger partial charge in [-0.3, -0.25) is 0 Å². The Morgan fingerprint density at radius 3 is 2.40 bits per heavy atom. The highest BCUT2D eigenvalue weighted by Crippen LogP contribution is 2.18. The number of carbonyl (C=O) groups is 1. The molecule has 2 unspecified atom stereocenters. The van der Waals surface area contributed by atoms with Crippen molar-refractivity contribution in [3.8, 4) is 0 Å². The third-order valence-electron chi connectivity index (χ3n) is 3.10.